The molecule has 30 heavy (non-hydrogen) atoms. The van der Waals surface area contributed by atoms with Crippen LogP contribution in [0.2, 0.25) is 0 Å². The number of quaternary nitrogens is 1. The predicted molar refractivity (Wildman–Crippen MR) is 128 cm³/mol. The van der Waals surface area contributed by atoms with Crippen LogP contribution in [-0.4, -0.2) is 62.2 Å². The highest BCUT2D eigenvalue weighted by Crippen LogP contribution is 2.24. The van der Waals surface area contributed by atoms with Gasteiger partial charge in [0.05, 0.1) is 27.2 Å². The van der Waals surface area contributed by atoms with E-state index in [1.807, 2.05) is 0 Å². The van der Waals surface area contributed by atoms with E-state index in [9.17, 15) is 4.79 Å². The lowest BCUT2D eigenvalue weighted by molar-refractivity contribution is -0.883. The molecule has 0 fully saturated rings. The van der Waals surface area contributed by atoms with Crippen molar-refractivity contribution in [2.75, 3.05) is 46.9 Å². The number of hydrogen-bond acceptors (Lipinski definition) is 2. The van der Waals surface area contributed by atoms with E-state index in [4.69, 9.17) is 4.74 Å². The van der Waals surface area contributed by atoms with Gasteiger partial charge in [-0.2, -0.15) is 0 Å². The third kappa shape index (κ3) is 9.97. The second-order valence-corrected chi connectivity index (χ2v) is 10.6. The van der Waals surface area contributed by atoms with Crippen molar-refractivity contribution < 1.29 is 14.0 Å². The van der Waals surface area contributed by atoms with Gasteiger partial charge in [0.25, 0.3) is 5.91 Å². The van der Waals surface area contributed by atoms with E-state index in [2.05, 4.69) is 85.7 Å². The van der Waals surface area contributed by atoms with Crippen LogP contribution in [-0.2, 0) is 4.79 Å². The molecule has 0 bridgehead atoms. The number of nitrogens with zero attached hydrogens (tertiary/aromatic N) is 2. The minimum Gasteiger partial charge on any atom is -0.493 e. The molecule has 4 nitrogen and oxygen atoms in total. The van der Waals surface area contributed by atoms with E-state index < -0.39 is 0 Å². The molecule has 0 saturated heterocycles. The van der Waals surface area contributed by atoms with Gasteiger partial charge in [0.15, 0.2) is 6.54 Å². The van der Waals surface area contributed by atoms with Gasteiger partial charge in [0.2, 0.25) is 0 Å². The van der Waals surface area contributed by atoms with Gasteiger partial charge in [-0.05, 0) is 54.7 Å². The normalized spacial score (nSPS) is 12.1. The molecule has 1 aromatic rings. The zero-order valence-electron chi connectivity index (χ0n) is 21.1. The Morgan fingerprint density at radius 2 is 1.60 bits per heavy atom. The van der Waals surface area contributed by atoms with Gasteiger partial charge in [-0.15, -0.1) is 0 Å². The molecule has 0 radical (unpaired) electrons. The summed E-state index contributed by atoms with van der Waals surface area (Å²) in [6.07, 6.45) is 2.06. The van der Waals surface area contributed by atoms with E-state index in [1.165, 1.54) is 11.1 Å². The van der Waals surface area contributed by atoms with Crippen LogP contribution in [0, 0.1) is 18.8 Å². The number of likely N-dealkylation sites (N-methyl/N-ethyl adjacent to an activating group) is 1. The quantitative estimate of drug-likeness (QED) is 0.312. The zero-order chi connectivity index (χ0) is 22.9. The smallest absolute Gasteiger partial charge is 0.277 e. The summed E-state index contributed by atoms with van der Waals surface area (Å²) in [5.41, 5.74) is 2.51. The number of carbonyl (C=O) groups excluding carboxylic acids is 1. The summed E-state index contributed by atoms with van der Waals surface area (Å²) >= 11 is 0. The molecule has 1 rings (SSSR count). The fraction of sp³-hybridized carbons (Fsp3) is 0.731. The topological polar surface area (TPSA) is 29.5 Å². The molecular weight excluding hydrogens is 372 g/mol. The summed E-state index contributed by atoms with van der Waals surface area (Å²) in [5.74, 6) is 2.79. The Morgan fingerprint density at radius 3 is 2.13 bits per heavy atom. The van der Waals surface area contributed by atoms with Crippen molar-refractivity contribution in [1.29, 1.82) is 0 Å². The van der Waals surface area contributed by atoms with Crippen molar-refractivity contribution >= 4 is 5.91 Å². The molecule has 0 unspecified atom stereocenters. The SMILES string of the molecule is Cc1ccc(C(C)C)cc1OCCCC[N+](C)(C)CC(=O)N(CC(C)C)CC(C)C. The summed E-state index contributed by atoms with van der Waals surface area (Å²) in [6.45, 7) is 19.2. The van der Waals surface area contributed by atoms with E-state index >= 15 is 0 Å². The van der Waals surface area contributed by atoms with Crippen LogP contribution < -0.4 is 4.74 Å². The lowest BCUT2D eigenvalue weighted by Gasteiger charge is -2.33. The Bertz CT molecular complexity index is 640. The molecule has 0 aliphatic rings. The first-order valence-electron chi connectivity index (χ1n) is 11.7. The Morgan fingerprint density at radius 1 is 1.00 bits per heavy atom. The van der Waals surface area contributed by atoms with Crippen LogP contribution in [0.1, 0.15) is 71.4 Å². The lowest BCUT2D eigenvalue weighted by atomic mass is 10.0. The number of rotatable bonds is 13. The standard InChI is InChI=1S/C26H47N2O2/c1-20(2)17-27(18-21(3)4)26(29)19-28(8,9)14-10-11-15-30-25-16-24(22(5)6)13-12-23(25)7/h12-13,16,20-22H,10-11,14-15,17-19H2,1-9H3/q+1. The van der Waals surface area contributed by atoms with Gasteiger partial charge in [-0.25, -0.2) is 0 Å². The molecule has 0 spiro atoms. The number of carbonyl (C=O) groups is 1. The molecule has 4 heteroatoms. The van der Waals surface area contributed by atoms with Gasteiger partial charge < -0.3 is 14.1 Å². The second-order valence-electron chi connectivity index (χ2n) is 10.6. The molecule has 0 saturated carbocycles. The Hall–Kier alpha value is -1.55. The largest absolute Gasteiger partial charge is 0.493 e. The molecule has 1 aromatic carbocycles. The fourth-order valence-corrected chi connectivity index (χ4v) is 3.66. The summed E-state index contributed by atoms with van der Waals surface area (Å²) in [4.78, 5) is 15.0. The lowest BCUT2D eigenvalue weighted by Crippen LogP contribution is -2.50. The van der Waals surface area contributed by atoms with Crippen LogP contribution in [0.4, 0.5) is 0 Å². The highest BCUT2D eigenvalue weighted by molar-refractivity contribution is 5.77. The van der Waals surface area contributed by atoms with Crippen molar-refractivity contribution in [2.24, 2.45) is 11.8 Å². The minimum atomic E-state index is 0.278. The Kier molecular flexibility index (Phi) is 10.9. The van der Waals surface area contributed by atoms with E-state index in [0.29, 0.717) is 24.3 Å². The maximum absolute atomic E-state index is 12.9. The molecule has 0 heterocycles. The first kappa shape index (κ1) is 26.5. The molecule has 172 valence electrons. The van der Waals surface area contributed by atoms with Crippen molar-refractivity contribution in [1.82, 2.24) is 4.90 Å². The van der Waals surface area contributed by atoms with Crippen LogP contribution >= 0.6 is 0 Å². The average molecular weight is 420 g/mol. The highest BCUT2D eigenvalue weighted by atomic mass is 16.5. The third-order valence-electron chi connectivity index (χ3n) is 5.38. The molecule has 0 aliphatic heterocycles. The van der Waals surface area contributed by atoms with Gasteiger partial charge in [-0.1, -0.05) is 53.7 Å². The second kappa shape index (κ2) is 12.3. The summed E-state index contributed by atoms with van der Waals surface area (Å²) < 4.78 is 6.80. The Labute approximate surface area is 186 Å². The van der Waals surface area contributed by atoms with Crippen LogP contribution in [0.15, 0.2) is 18.2 Å². The molecular formula is C26H47N2O2+. The summed E-state index contributed by atoms with van der Waals surface area (Å²) in [6, 6.07) is 6.51. The fourth-order valence-electron chi connectivity index (χ4n) is 3.66. The minimum absolute atomic E-state index is 0.278. The van der Waals surface area contributed by atoms with E-state index in [-0.39, 0.29) is 5.91 Å². The van der Waals surface area contributed by atoms with Gasteiger partial charge in [0, 0.05) is 13.1 Å². The number of benzene rings is 1. The van der Waals surface area contributed by atoms with Gasteiger partial charge >= 0.3 is 0 Å². The zero-order valence-corrected chi connectivity index (χ0v) is 21.1. The number of aryl methyl sites for hydroxylation is 1. The molecule has 1 amide bonds. The van der Waals surface area contributed by atoms with Gasteiger partial charge in [0.1, 0.15) is 5.75 Å². The van der Waals surface area contributed by atoms with Crippen molar-refractivity contribution in [3.05, 3.63) is 29.3 Å². The first-order valence-corrected chi connectivity index (χ1v) is 11.7. The Balaban J connectivity index is 2.47. The molecule has 0 N–H and O–H groups in total. The van der Waals surface area contributed by atoms with Crippen molar-refractivity contribution in [3.8, 4) is 5.75 Å². The summed E-state index contributed by atoms with van der Waals surface area (Å²) in [7, 11) is 4.33. The number of unbranched alkanes of at least 4 members (excludes halogenated alkanes) is 1. The molecule has 0 aromatic heterocycles. The highest BCUT2D eigenvalue weighted by Gasteiger charge is 2.25. The number of ether oxygens (including phenoxy) is 1. The molecule has 0 atom stereocenters. The average Bonchev–Trinajstić information content (AvgIpc) is 2.60. The maximum Gasteiger partial charge on any atom is 0.277 e. The maximum atomic E-state index is 12.9. The van der Waals surface area contributed by atoms with Crippen LogP contribution in [0.25, 0.3) is 0 Å². The van der Waals surface area contributed by atoms with E-state index in [0.717, 1.165) is 49.3 Å². The van der Waals surface area contributed by atoms with Gasteiger partial charge in [-0.3, -0.25) is 4.79 Å². The third-order valence-corrected chi connectivity index (χ3v) is 5.38. The van der Waals surface area contributed by atoms with Crippen LogP contribution in [0.5, 0.6) is 5.75 Å². The number of hydrogen-bond donors (Lipinski definition) is 0. The first-order chi connectivity index (χ1) is 13.9. The predicted octanol–water partition coefficient (Wildman–Crippen LogP) is 5.49. The molecule has 0 aliphatic carbocycles. The number of amides is 1. The summed E-state index contributed by atoms with van der Waals surface area (Å²) in [5, 5.41) is 0. The van der Waals surface area contributed by atoms with Crippen molar-refractivity contribution in [3.63, 3.8) is 0 Å². The van der Waals surface area contributed by atoms with Crippen molar-refractivity contribution in [2.45, 2.75) is 67.2 Å². The monoisotopic (exact) mass is 419 g/mol. The van der Waals surface area contributed by atoms with E-state index in [1.54, 1.807) is 0 Å². The van der Waals surface area contributed by atoms with Crippen LogP contribution in [0.3, 0.4) is 0 Å².